The molecule has 2 N–H and O–H groups in total. The SMILES string of the molecule is CC(O)COC(=O)CCC(=O)OCCOC(=O)OC(C)COCC(C)OC(=O)OCCOC(=O)CCC(=O)OCCO. The quantitative estimate of drug-likeness (QED) is 0.0945. The molecule has 242 valence electrons. The Kier molecular flexibility index (Phi) is 21.8. The van der Waals surface area contributed by atoms with E-state index in [9.17, 15) is 28.8 Å². The van der Waals surface area contributed by atoms with Gasteiger partial charge in [-0.3, -0.25) is 19.2 Å². The van der Waals surface area contributed by atoms with Crippen LogP contribution in [0.5, 0.6) is 0 Å². The minimum absolute atomic E-state index is 0.0538. The maximum atomic E-state index is 11.7. The van der Waals surface area contributed by atoms with E-state index in [0.29, 0.717) is 0 Å². The van der Waals surface area contributed by atoms with E-state index in [0.717, 1.165) is 0 Å². The molecule has 0 saturated carbocycles. The Hall–Kier alpha value is -3.70. The van der Waals surface area contributed by atoms with Gasteiger partial charge in [0.1, 0.15) is 51.8 Å². The van der Waals surface area contributed by atoms with Crippen LogP contribution in [0.4, 0.5) is 9.59 Å². The molecule has 0 aliphatic rings. The van der Waals surface area contributed by atoms with E-state index in [-0.39, 0.29) is 85.1 Å². The van der Waals surface area contributed by atoms with Crippen molar-refractivity contribution in [3.63, 3.8) is 0 Å². The van der Waals surface area contributed by atoms with Crippen molar-refractivity contribution < 1.29 is 81.6 Å². The number of aliphatic hydroxyl groups is 2. The van der Waals surface area contributed by atoms with Gasteiger partial charge >= 0.3 is 36.2 Å². The molecule has 3 atom stereocenters. The second-order valence-corrected chi connectivity index (χ2v) is 8.51. The molecule has 0 fully saturated rings. The molecule has 0 aliphatic heterocycles. The van der Waals surface area contributed by atoms with Crippen LogP contribution in [0.25, 0.3) is 0 Å². The molecule has 0 rings (SSSR count). The molecular formula is C25H40O17. The summed E-state index contributed by atoms with van der Waals surface area (Å²) in [6.45, 7) is 2.68. The number of carbonyl (C=O) groups excluding carboxylic acids is 6. The minimum Gasteiger partial charge on any atom is -0.463 e. The Bertz CT molecular complexity index is 828. The molecule has 0 amide bonds. The lowest BCUT2D eigenvalue weighted by molar-refractivity contribution is -0.152. The first-order chi connectivity index (χ1) is 19.9. The van der Waals surface area contributed by atoms with Crippen LogP contribution < -0.4 is 0 Å². The lowest BCUT2D eigenvalue weighted by Gasteiger charge is -2.16. The summed E-state index contributed by atoms with van der Waals surface area (Å²) in [5, 5.41) is 17.6. The zero-order chi connectivity index (χ0) is 31.8. The number of hydrogen-bond donors (Lipinski definition) is 2. The van der Waals surface area contributed by atoms with Crippen LogP contribution in [0, 0.1) is 0 Å². The van der Waals surface area contributed by atoms with Gasteiger partial charge in [-0.05, 0) is 20.8 Å². The molecule has 0 bridgehead atoms. The molecule has 17 heteroatoms. The molecule has 0 aliphatic carbocycles. The van der Waals surface area contributed by atoms with Crippen LogP contribution in [-0.4, -0.2) is 124 Å². The molecule has 17 nitrogen and oxygen atoms in total. The van der Waals surface area contributed by atoms with Crippen LogP contribution in [0.2, 0.25) is 0 Å². The van der Waals surface area contributed by atoms with Crippen molar-refractivity contribution >= 4 is 36.2 Å². The molecule has 42 heavy (non-hydrogen) atoms. The van der Waals surface area contributed by atoms with E-state index in [4.69, 9.17) is 48.1 Å². The highest BCUT2D eigenvalue weighted by Gasteiger charge is 2.16. The molecule has 0 radical (unpaired) electrons. The molecule has 0 saturated heterocycles. The number of ether oxygens (including phenoxy) is 9. The van der Waals surface area contributed by atoms with Gasteiger partial charge < -0.3 is 52.8 Å². The van der Waals surface area contributed by atoms with Gasteiger partial charge in [0.25, 0.3) is 0 Å². The van der Waals surface area contributed by atoms with Crippen molar-refractivity contribution in [1.82, 2.24) is 0 Å². The lowest BCUT2D eigenvalue weighted by atomic mass is 10.3. The Morgan fingerprint density at radius 3 is 1.26 bits per heavy atom. The maximum absolute atomic E-state index is 11.7. The van der Waals surface area contributed by atoms with Gasteiger partial charge in [0.05, 0.1) is 51.6 Å². The fourth-order valence-corrected chi connectivity index (χ4v) is 2.50. The van der Waals surface area contributed by atoms with Crippen molar-refractivity contribution in [2.24, 2.45) is 0 Å². The van der Waals surface area contributed by atoms with Gasteiger partial charge in [-0.1, -0.05) is 0 Å². The van der Waals surface area contributed by atoms with Gasteiger partial charge in [0, 0.05) is 0 Å². The number of hydrogen-bond acceptors (Lipinski definition) is 17. The lowest BCUT2D eigenvalue weighted by Crippen LogP contribution is -2.26. The second kappa shape index (κ2) is 24.0. The topological polar surface area (TPSA) is 226 Å². The van der Waals surface area contributed by atoms with E-state index < -0.39 is 54.5 Å². The maximum Gasteiger partial charge on any atom is 0.508 e. The number of aliphatic hydroxyl groups excluding tert-OH is 2. The predicted octanol–water partition coefficient (Wildman–Crippen LogP) is 0.193. The zero-order valence-electron chi connectivity index (χ0n) is 23.9. The molecule has 0 heterocycles. The predicted molar refractivity (Wildman–Crippen MR) is 136 cm³/mol. The third-order valence-electron chi connectivity index (χ3n) is 4.34. The molecule has 3 unspecified atom stereocenters. The number of esters is 4. The van der Waals surface area contributed by atoms with E-state index in [2.05, 4.69) is 4.74 Å². The molecule has 0 spiro atoms. The number of carbonyl (C=O) groups is 6. The first-order valence-corrected chi connectivity index (χ1v) is 13.1. The summed E-state index contributed by atoms with van der Waals surface area (Å²) in [6.07, 6.45) is -5.21. The van der Waals surface area contributed by atoms with Crippen LogP contribution >= 0.6 is 0 Å². The number of rotatable bonds is 22. The summed E-state index contributed by atoms with van der Waals surface area (Å²) in [5.41, 5.74) is 0. The summed E-state index contributed by atoms with van der Waals surface area (Å²) in [4.78, 5) is 69.0. The molecular weight excluding hydrogens is 572 g/mol. The average molecular weight is 613 g/mol. The smallest absolute Gasteiger partial charge is 0.463 e. The van der Waals surface area contributed by atoms with Gasteiger partial charge in [-0.15, -0.1) is 0 Å². The Morgan fingerprint density at radius 2 is 0.881 bits per heavy atom. The summed E-state index contributed by atoms with van der Waals surface area (Å²) in [7, 11) is 0. The summed E-state index contributed by atoms with van der Waals surface area (Å²) in [6, 6.07) is 0. The Labute approximate surface area is 242 Å². The standard InChI is InChI=1S/C25H40O17/c1-17(27)14-40-23(31)7-6-22(30)37-11-13-39-25(33)42-19(3)16-34-15-18(2)41-24(32)38-12-10-36-21(29)5-4-20(28)35-9-8-26/h17-19,26-27H,4-16H2,1-3H3. The summed E-state index contributed by atoms with van der Waals surface area (Å²) in [5.74, 6) is -2.70. The Balaban J connectivity index is 3.82. The van der Waals surface area contributed by atoms with Gasteiger partial charge in [-0.25, -0.2) is 9.59 Å². The van der Waals surface area contributed by atoms with Crippen molar-refractivity contribution in [2.75, 3.05) is 59.5 Å². The van der Waals surface area contributed by atoms with E-state index in [1.165, 1.54) is 20.8 Å². The monoisotopic (exact) mass is 612 g/mol. The molecule has 0 aromatic rings. The average Bonchev–Trinajstić information content (AvgIpc) is 2.92. The fraction of sp³-hybridized carbons (Fsp3) is 0.760. The zero-order valence-corrected chi connectivity index (χ0v) is 23.9. The van der Waals surface area contributed by atoms with E-state index in [1.807, 2.05) is 0 Å². The third kappa shape index (κ3) is 24.1. The summed E-state index contributed by atoms with van der Waals surface area (Å²) >= 11 is 0. The first-order valence-electron chi connectivity index (χ1n) is 13.1. The van der Waals surface area contributed by atoms with Crippen molar-refractivity contribution in [1.29, 1.82) is 0 Å². The minimum atomic E-state index is -1.03. The fourth-order valence-electron chi connectivity index (χ4n) is 2.50. The van der Waals surface area contributed by atoms with Crippen molar-refractivity contribution in [3.8, 4) is 0 Å². The summed E-state index contributed by atoms with van der Waals surface area (Å²) < 4.78 is 43.7. The van der Waals surface area contributed by atoms with Crippen molar-refractivity contribution in [2.45, 2.75) is 64.8 Å². The largest absolute Gasteiger partial charge is 0.508 e. The van der Waals surface area contributed by atoms with Gasteiger partial charge in [0.2, 0.25) is 0 Å². The van der Waals surface area contributed by atoms with Crippen LogP contribution in [0.3, 0.4) is 0 Å². The van der Waals surface area contributed by atoms with E-state index >= 15 is 0 Å². The van der Waals surface area contributed by atoms with Crippen LogP contribution in [-0.2, 0) is 61.8 Å². The molecule has 0 aromatic carbocycles. The highest BCUT2D eigenvalue weighted by molar-refractivity contribution is 5.78. The molecule has 0 aromatic heterocycles. The first kappa shape index (κ1) is 38.3. The van der Waals surface area contributed by atoms with Crippen LogP contribution in [0.1, 0.15) is 46.5 Å². The van der Waals surface area contributed by atoms with Crippen molar-refractivity contribution in [3.05, 3.63) is 0 Å². The van der Waals surface area contributed by atoms with E-state index in [1.54, 1.807) is 0 Å². The highest BCUT2D eigenvalue weighted by atomic mass is 16.7. The highest BCUT2D eigenvalue weighted by Crippen LogP contribution is 2.02. The Morgan fingerprint density at radius 1 is 0.524 bits per heavy atom. The second-order valence-electron chi connectivity index (χ2n) is 8.51. The third-order valence-corrected chi connectivity index (χ3v) is 4.34. The van der Waals surface area contributed by atoms with Gasteiger partial charge in [-0.2, -0.15) is 0 Å². The van der Waals surface area contributed by atoms with Crippen LogP contribution in [0.15, 0.2) is 0 Å². The normalized spacial score (nSPS) is 12.6. The van der Waals surface area contributed by atoms with Gasteiger partial charge in [0.15, 0.2) is 0 Å².